The lowest BCUT2D eigenvalue weighted by Gasteiger charge is -2.35. The third kappa shape index (κ3) is 6.55. The zero-order valence-corrected chi connectivity index (χ0v) is 17.8. The highest BCUT2D eigenvalue weighted by atomic mass is 32.2. The van der Waals surface area contributed by atoms with E-state index >= 15 is 0 Å². The number of hydrogen-bond acceptors (Lipinski definition) is 7. The van der Waals surface area contributed by atoms with Crippen LogP contribution in [0.4, 0.5) is 14.9 Å². The molecule has 0 radical (unpaired) electrons. The minimum atomic E-state index is -0.930. The number of methoxy groups -OCH3 is 1. The quantitative estimate of drug-likeness (QED) is 0.527. The Labute approximate surface area is 173 Å². The third-order valence-corrected chi connectivity index (χ3v) is 5.67. The average molecular weight is 430 g/mol. The highest BCUT2D eigenvalue weighted by Crippen LogP contribution is 2.30. The lowest BCUT2D eigenvalue weighted by atomic mass is 9.90. The summed E-state index contributed by atoms with van der Waals surface area (Å²) in [5, 5.41) is 24.5. The number of carbonyl (C=O) groups excluding carboxylic acids is 1. The summed E-state index contributed by atoms with van der Waals surface area (Å²) >= 11 is 1.56. The smallest absolute Gasteiger partial charge is 0.407 e. The fraction of sp³-hybridized carbons (Fsp3) is 0.632. The van der Waals surface area contributed by atoms with Crippen LogP contribution in [0.3, 0.4) is 0 Å². The van der Waals surface area contributed by atoms with Gasteiger partial charge in [-0.05, 0) is 56.6 Å². The number of ether oxygens (including phenoxy) is 2. The normalized spacial score (nSPS) is 22.2. The van der Waals surface area contributed by atoms with E-state index in [1.807, 2.05) is 0 Å². The molecule has 1 aromatic carbocycles. The first kappa shape index (κ1) is 23.4. The minimum Gasteiger partial charge on any atom is -0.444 e. The van der Waals surface area contributed by atoms with E-state index in [0.717, 1.165) is 6.07 Å². The van der Waals surface area contributed by atoms with Gasteiger partial charge in [0.05, 0.1) is 29.2 Å². The number of alkyl carbamates (subject to hydrolysis) is 1. The highest BCUT2D eigenvalue weighted by Gasteiger charge is 2.35. The molecule has 0 aliphatic carbocycles. The fourth-order valence-corrected chi connectivity index (χ4v) is 4.53. The number of carbonyl (C=O) groups is 1. The number of aliphatic hydroxyl groups is 1. The molecule has 0 spiro atoms. The number of nitro benzene ring substituents is 1. The van der Waals surface area contributed by atoms with Crippen molar-refractivity contribution in [3.8, 4) is 0 Å². The van der Waals surface area contributed by atoms with Gasteiger partial charge in [0, 0.05) is 12.9 Å². The number of halogens is 1. The molecule has 1 fully saturated rings. The van der Waals surface area contributed by atoms with Crippen LogP contribution in [-0.2, 0) is 22.5 Å². The van der Waals surface area contributed by atoms with Crippen LogP contribution in [0.2, 0.25) is 0 Å². The molecule has 0 unspecified atom stereocenters. The van der Waals surface area contributed by atoms with Gasteiger partial charge in [0.25, 0.3) is 0 Å². The molecule has 1 aliphatic rings. The second-order valence-electron chi connectivity index (χ2n) is 8.02. The first-order valence-corrected chi connectivity index (χ1v) is 10.4. The molecule has 10 heteroatoms. The summed E-state index contributed by atoms with van der Waals surface area (Å²) in [5.74, 6) is -0.0438. The number of benzene rings is 1. The van der Waals surface area contributed by atoms with Crippen LogP contribution in [-0.4, -0.2) is 52.5 Å². The van der Waals surface area contributed by atoms with E-state index in [1.165, 1.54) is 13.2 Å². The summed E-state index contributed by atoms with van der Waals surface area (Å²) in [4.78, 5) is 22.4. The number of thioether (sulfide) groups is 1. The maximum atomic E-state index is 14.3. The predicted octanol–water partition coefficient (Wildman–Crippen LogP) is 3.04. The molecule has 0 bridgehead atoms. The van der Waals surface area contributed by atoms with Crippen molar-refractivity contribution < 1.29 is 28.7 Å². The van der Waals surface area contributed by atoms with E-state index in [9.17, 15) is 24.4 Å². The third-order valence-electron chi connectivity index (χ3n) is 4.41. The van der Waals surface area contributed by atoms with Crippen LogP contribution in [0.25, 0.3) is 0 Å². The van der Waals surface area contributed by atoms with Crippen LogP contribution in [0, 0.1) is 21.8 Å². The Kier molecular flexibility index (Phi) is 7.84. The van der Waals surface area contributed by atoms with Gasteiger partial charge >= 0.3 is 11.8 Å². The Bertz CT molecular complexity index is 755. The predicted molar refractivity (Wildman–Crippen MR) is 107 cm³/mol. The van der Waals surface area contributed by atoms with Crippen LogP contribution < -0.4 is 5.32 Å². The van der Waals surface area contributed by atoms with Crippen molar-refractivity contribution >= 4 is 23.5 Å². The SMILES string of the molecule is COCc1cc(C[C@@H]2CSC[C@H](NC(=O)OC(C)(C)C)[C@H]2O)cc(F)c1[N+](=O)[O-]. The molecule has 1 saturated heterocycles. The Hall–Kier alpha value is -1.91. The van der Waals surface area contributed by atoms with Gasteiger partial charge in [0.1, 0.15) is 5.60 Å². The van der Waals surface area contributed by atoms with Gasteiger partial charge in [-0.1, -0.05) is 0 Å². The van der Waals surface area contributed by atoms with Crippen LogP contribution in [0.15, 0.2) is 12.1 Å². The van der Waals surface area contributed by atoms with Gasteiger partial charge in [-0.2, -0.15) is 16.2 Å². The number of rotatable bonds is 6. The Morgan fingerprint density at radius 1 is 1.41 bits per heavy atom. The zero-order valence-electron chi connectivity index (χ0n) is 16.9. The molecule has 29 heavy (non-hydrogen) atoms. The van der Waals surface area contributed by atoms with Crippen LogP contribution in [0.1, 0.15) is 31.9 Å². The maximum absolute atomic E-state index is 14.3. The molecular formula is C19H27FN2O6S. The summed E-state index contributed by atoms with van der Waals surface area (Å²) in [5.41, 5.74) is -0.570. The van der Waals surface area contributed by atoms with E-state index in [4.69, 9.17) is 9.47 Å². The molecule has 2 rings (SSSR count). The molecule has 0 aromatic heterocycles. The van der Waals surface area contributed by atoms with Crippen molar-refractivity contribution in [1.82, 2.24) is 5.32 Å². The van der Waals surface area contributed by atoms with Crippen molar-refractivity contribution in [2.45, 2.75) is 51.5 Å². The van der Waals surface area contributed by atoms with Crippen molar-refractivity contribution in [2.75, 3.05) is 18.6 Å². The summed E-state index contributed by atoms with van der Waals surface area (Å²) in [6, 6.07) is 2.15. The van der Waals surface area contributed by atoms with Gasteiger partial charge in [-0.25, -0.2) is 4.79 Å². The first-order valence-electron chi connectivity index (χ1n) is 9.21. The van der Waals surface area contributed by atoms with Gasteiger partial charge in [0.15, 0.2) is 0 Å². The standard InChI is InChI=1S/C19H27FN2O6S/c1-19(2,3)28-18(24)21-15-10-29-9-13(17(15)23)6-11-5-12(8-27-4)16(22(25)26)14(20)7-11/h5,7,13,15,17,23H,6,8-10H2,1-4H3,(H,21,24)/t13-,15+,17+/m1/s1. The lowest BCUT2D eigenvalue weighted by Crippen LogP contribution is -2.52. The van der Waals surface area contributed by atoms with Gasteiger partial charge in [-0.15, -0.1) is 0 Å². The van der Waals surface area contributed by atoms with Crippen molar-refractivity contribution in [3.63, 3.8) is 0 Å². The Morgan fingerprint density at radius 2 is 2.10 bits per heavy atom. The molecule has 0 saturated carbocycles. The average Bonchev–Trinajstić information content (AvgIpc) is 2.56. The summed E-state index contributed by atoms with van der Waals surface area (Å²) in [6.07, 6.45) is -1.15. The second-order valence-corrected chi connectivity index (χ2v) is 9.10. The van der Waals surface area contributed by atoms with E-state index < -0.39 is 40.3 Å². The number of nitrogens with zero attached hydrogens (tertiary/aromatic N) is 1. The topological polar surface area (TPSA) is 111 Å². The summed E-state index contributed by atoms with van der Waals surface area (Å²) < 4.78 is 24.5. The van der Waals surface area contributed by atoms with E-state index in [-0.39, 0.29) is 18.1 Å². The van der Waals surface area contributed by atoms with Gasteiger partial charge < -0.3 is 19.9 Å². The van der Waals surface area contributed by atoms with Gasteiger partial charge in [0.2, 0.25) is 5.82 Å². The molecule has 1 aromatic rings. The Morgan fingerprint density at radius 3 is 2.69 bits per heavy atom. The molecule has 162 valence electrons. The molecule has 8 nitrogen and oxygen atoms in total. The molecule has 1 heterocycles. The number of hydrogen-bond donors (Lipinski definition) is 2. The largest absolute Gasteiger partial charge is 0.444 e. The summed E-state index contributed by atoms with van der Waals surface area (Å²) in [7, 11) is 1.38. The molecule has 2 N–H and O–H groups in total. The second kappa shape index (κ2) is 9.73. The number of aliphatic hydroxyl groups excluding tert-OH is 1. The van der Waals surface area contributed by atoms with Crippen molar-refractivity contribution in [2.24, 2.45) is 5.92 Å². The zero-order chi connectivity index (χ0) is 21.8. The summed E-state index contributed by atoms with van der Waals surface area (Å²) in [6.45, 7) is 5.17. The van der Waals surface area contributed by atoms with E-state index in [1.54, 1.807) is 32.5 Å². The van der Waals surface area contributed by atoms with Crippen molar-refractivity contribution in [3.05, 3.63) is 39.2 Å². The Balaban J connectivity index is 2.13. The van der Waals surface area contributed by atoms with Gasteiger partial charge in [-0.3, -0.25) is 10.1 Å². The fourth-order valence-electron chi connectivity index (χ4n) is 3.25. The number of nitro groups is 1. The maximum Gasteiger partial charge on any atom is 0.407 e. The minimum absolute atomic E-state index is 0.0914. The number of nitrogens with one attached hydrogen (secondary N) is 1. The first-order chi connectivity index (χ1) is 13.5. The van der Waals surface area contributed by atoms with Crippen LogP contribution >= 0.6 is 11.8 Å². The van der Waals surface area contributed by atoms with Crippen molar-refractivity contribution in [1.29, 1.82) is 0 Å². The number of amides is 1. The lowest BCUT2D eigenvalue weighted by molar-refractivity contribution is -0.388. The molecular weight excluding hydrogens is 403 g/mol. The molecule has 3 atom stereocenters. The van der Waals surface area contributed by atoms with E-state index in [0.29, 0.717) is 23.5 Å². The monoisotopic (exact) mass is 430 g/mol. The molecule has 1 amide bonds. The molecule has 1 aliphatic heterocycles. The van der Waals surface area contributed by atoms with E-state index in [2.05, 4.69) is 5.32 Å². The van der Waals surface area contributed by atoms with Crippen LogP contribution in [0.5, 0.6) is 0 Å². The highest BCUT2D eigenvalue weighted by molar-refractivity contribution is 7.99.